The quantitative estimate of drug-likeness (QED) is 0.749. The van der Waals surface area contributed by atoms with Crippen LogP contribution in [0.25, 0.3) is 17.1 Å². The minimum Gasteiger partial charge on any atom is -0.227 e. The molecule has 3 rings (SSSR count). The van der Waals surface area contributed by atoms with Gasteiger partial charge in [-0.15, -0.1) is 22.8 Å². The molecule has 20 heavy (non-hydrogen) atoms. The van der Waals surface area contributed by atoms with Gasteiger partial charge in [0, 0.05) is 0 Å². The number of aryl methyl sites for hydroxylation is 1. The first-order chi connectivity index (χ1) is 9.69. The number of nitrogens with zero attached hydrogens (tertiary/aromatic N) is 6. The normalized spacial score (nSPS) is 10.9. The average molecular weight is 290 g/mol. The Kier molecular flexibility index (Phi) is 3.23. The topological polar surface area (TPSA) is 61.4 Å². The Morgan fingerprint density at radius 2 is 2.00 bits per heavy atom. The molecule has 0 amide bonds. The molecule has 8 heteroatoms. The van der Waals surface area contributed by atoms with Crippen molar-refractivity contribution in [1.29, 1.82) is 0 Å². The number of hydrogen-bond acceptors (Lipinski definition) is 5. The Hall–Kier alpha value is -2.22. The van der Waals surface area contributed by atoms with Gasteiger partial charge in [-0.05, 0) is 36.4 Å². The van der Waals surface area contributed by atoms with Gasteiger partial charge in [-0.1, -0.05) is 0 Å². The molecule has 0 N–H and O–H groups in total. The Balaban J connectivity index is 2.02. The number of hydrogen-bond donors (Lipinski definition) is 1. The minimum absolute atomic E-state index is 0.297. The maximum absolute atomic E-state index is 12.9. The first-order valence-electron chi connectivity index (χ1n) is 6.00. The second-order valence-corrected chi connectivity index (χ2v) is 4.50. The lowest BCUT2D eigenvalue weighted by Gasteiger charge is -2.03. The maximum atomic E-state index is 12.9. The van der Waals surface area contributed by atoms with Gasteiger partial charge in [-0.25, -0.2) is 9.07 Å². The van der Waals surface area contributed by atoms with Gasteiger partial charge in [0.05, 0.1) is 24.0 Å². The third-order valence-corrected chi connectivity index (χ3v) is 3.22. The molecular weight excluding hydrogens is 279 g/mol. The molecule has 2 aromatic heterocycles. The fourth-order valence-electron chi connectivity index (χ4n) is 1.76. The van der Waals surface area contributed by atoms with Crippen molar-refractivity contribution in [2.45, 2.75) is 18.5 Å². The predicted molar refractivity (Wildman–Crippen MR) is 73.3 cm³/mol. The zero-order valence-electron chi connectivity index (χ0n) is 10.6. The SMILES string of the molecule is CCn1nnc(-c2cnn(-c3ccc(F)cc3)c2S)n1. The van der Waals surface area contributed by atoms with Gasteiger partial charge in [0.2, 0.25) is 5.82 Å². The second-order valence-electron chi connectivity index (χ2n) is 4.07. The summed E-state index contributed by atoms with van der Waals surface area (Å²) in [6, 6.07) is 6.00. The molecule has 2 heterocycles. The lowest BCUT2D eigenvalue weighted by molar-refractivity contribution is 0.552. The second kappa shape index (κ2) is 5.04. The summed E-state index contributed by atoms with van der Waals surface area (Å²) in [6.07, 6.45) is 1.61. The van der Waals surface area contributed by atoms with E-state index in [0.29, 0.717) is 28.6 Å². The molecule has 0 atom stereocenters. The van der Waals surface area contributed by atoms with Crippen molar-refractivity contribution in [3.8, 4) is 17.1 Å². The summed E-state index contributed by atoms with van der Waals surface area (Å²) in [4.78, 5) is 1.48. The number of aromatic nitrogens is 6. The van der Waals surface area contributed by atoms with Crippen LogP contribution in [0.5, 0.6) is 0 Å². The highest BCUT2D eigenvalue weighted by atomic mass is 32.1. The number of rotatable bonds is 3. The van der Waals surface area contributed by atoms with Gasteiger partial charge >= 0.3 is 0 Å². The van der Waals surface area contributed by atoms with Crippen LogP contribution < -0.4 is 0 Å². The summed E-state index contributed by atoms with van der Waals surface area (Å²) in [5.41, 5.74) is 1.39. The smallest absolute Gasteiger partial charge is 0.209 e. The molecule has 0 fully saturated rings. The Morgan fingerprint density at radius 3 is 2.65 bits per heavy atom. The number of thiol groups is 1. The van der Waals surface area contributed by atoms with Gasteiger partial charge in [0.15, 0.2) is 0 Å². The molecule has 0 spiro atoms. The number of tetrazole rings is 1. The Morgan fingerprint density at radius 1 is 1.25 bits per heavy atom. The number of halogens is 1. The van der Waals surface area contributed by atoms with E-state index in [1.54, 1.807) is 23.0 Å². The summed E-state index contributed by atoms with van der Waals surface area (Å²) < 4.78 is 14.5. The van der Waals surface area contributed by atoms with E-state index in [4.69, 9.17) is 0 Å². The first-order valence-corrected chi connectivity index (χ1v) is 6.45. The van der Waals surface area contributed by atoms with E-state index in [-0.39, 0.29) is 5.82 Å². The van der Waals surface area contributed by atoms with Crippen molar-refractivity contribution in [1.82, 2.24) is 30.0 Å². The Labute approximate surface area is 119 Å². The fourth-order valence-corrected chi connectivity index (χ4v) is 2.08. The van der Waals surface area contributed by atoms with Gasteiger partial charge in [-0.3, -0.25) is 0 Å². The largest absolute Gasteiger partial charge is 0.227 e. The molecule has 6 nitrogen and oxygen atoms in total. The van der Waals surface area contributed by atoms with Crippen LogP contribution in [-0.4, -0.2) is 30.0 Å². The molecular formula is C12H11FN6S. The molecule has 0 saturated heterocycles. The van der Waals surface area contributed by atoms with E-state index < -0.39 is 0 Å². The van der Waals surface area contributed by atoms with Crippen LogP contribution >= 0.6 is 12.6 Å². The summed E-state index contributed by atoms with van der Waals surface area (Å²) in [5, 5.41) is 16.9. The first kappa shape index (κ1) is 12.8. The zero-order valence-corrected chi connectivity index (χ0v) is 11.5. The van der Waals surface area contributed by atoms with E-state index >= 15 is 0 Å². The van der Waals surface area contributed by atoms with Crippen LogP contribution in [0.2, 0.25) is 0 Å². The van der Waals surface area contributed by atoms with Crippen LogP contribution in [0, 0.1) is 5.82 Å². The third kappa shape index (κ3) is 2.18. The predicted octanol–water partition coefficient (Wildman–Crippen LogP) is 1.97. The van der Waals surface area contributed by atoms with Crippen LogP contribution in [0.3, 0.4) is 0 Å². The highest BCUT2D eigenvalue weighted by Gasteiger charge is 2.15. The average Bonchev–Trinajstić information content (AvgIpc) is 3.06. The molecule has 102 valence electrons. The molecule has 0 aliphatic heterocycles. The van der Waals surface area contributed by atoms with Crippen LogP contribution in [-0.2, 0) is 6.54 Å². The van der Waals surface area contributed by atoms with E-state index in [1.165, 1.54) is 16.9 Å². The molecule has 3 aromatic rings. The van der Waals surface area contributed by atoms with Crippen LogP contribution in [0.1, 0.15) is 6.92 Å². The van der Waals surface area contributed by atoms with Crippen molar-refractivity contribution < 1.29 is 4.39 Å². The molecule has 0 bridgehead atoms. The van der Waals surface area contributed by atoms with E-state index in [9.17, 15) is 4.39 Å². The summed E-state index contributed by atoms with van der Waals surface area (Å²) >= 11 is 4.44. The molecule has 0 saturated carbocycles. The fraction of sp³-hybridized carbons (Fsp3) is 0.167. The van der Waals surface area contributed by atoms with Gasteiger partial charge in [0.25, 0.3) is 0 Å². The maximum Gasteiger partial charge on any atom is 0.209 e. The summed E-state index contributed by atoms with van der Waals surface area (Å²) in [7, 11) is 0. The standard InChI is InChI=1S/C12H11FN6S/c1-2-18-16-11(15-17-18)10-7-14-19(12(10)20)9-5-3-8(13)4-6-9/h3-7,20H,2H2,1H3. The van der Waals surface area contributed by atoms with E-state index in [2.05, 4.69) is 33.1 Å². The lowest BCUT2D eigenvalue weighted by Crippen LogP contribution is -1.98. The molecule has 0 radical (unpaired) electrons. The monoisotopic (exact) mass is 290 g/mol. The third-order valence-electron chi connectivity index (χ3n) is 2.79. The summed E-state index contributed by atoms with van der Waals surface area (Å²) in [5.74, 6) is 0.166. The molecule has 1 aromatic carbocycles. The van der Waals surface area contributed by atoms with Crippen molar-refractivity contribution in [2.24, 2.45) is 0 Å². The van der Waals surface area contributed by atoms with Crippen molar-refractivity contribution in [3.63, 3.8) is 0 Å². The summed E-state index contributed by atoms with van der Waals surface area (Å²) in [6.45, 7) is 2.57. The number of benzene rings is 1. The van der Waals surface area contributed by atoms with Crippen molar-refractivity contribution >= 4 is 12.6 Å². The van der Waals surface area contributed by atoms with Gasteiger partial charge < -0.3 is 0 Å². The van der Waals surface area contributed by atoms with Crippen LogP contribution in [0.4, 0.5) is 4.39 Å². The van der Waals surface area contributed by atoms with E-state index in [1.807, 2.05) is 6.92 Å². The van der Waals surface area contributed by atoms with E-state index in [0.717, 1.165) is 0 Å². The highest BCUT2D eigenvalue weighted by Crippen LogP contribution is 2.25. The van der Waals surface area contributed by atoms with Crippen molar-refractivity contribution in [3.05, 3.63) is 36.3 Å². The lowest BCUT2D eigenvalue weighted by atomic mass is 10.3. The van der Waals surface area contributed by atoms with Crippen molar-refractivity contribution in [2.75, 3.05) is 0 Å². The highest BCUT2D eigenvalue weighted by molar-refractivity contribution is 7.80. The van der Waals surface area contributed by atoms with Gasteiger partial charge in [-0.2, -0.15) is 9.90 Å². The molecule has 0 aliphatic carbocycles. The molecule has 0 unspecified atom stereocenters. The van der Waals surface area contributed by atoms with Crippen LogP contribution in [0.15, 0.2) is 35.5 Å². The Bertz CT molecular complexity index is 733. The minimum atomic E-state index is -0.297. The van der Waals surface area contributed by atoms with Gasteiger partial charge in [0.1, 0.15) is 10.8 Å². The zero-order chi connectivity index (χ0) is 14.1. The molecule has 0 aliphatic rings.